The number of likely N-dealkylation sites (tertiary alicyclic amines) is 1. The smallest absolute Gasteiger partial charge is 0.0107 e. The molecule has 2 heteroatoms. The highest BCUT2D eigenvalue weighted by molar-refractivity contribution is 5.24. The van der Waals surface area contributed by atoms with Crippen LogP contribution >= 0.6 is 0 Å². The van der Waals surface area contributed by atoms with Crippen LogP contribution < -0.4 is 5.32 Å². The molecule has 94 valence electrons. The molecule has 1 heterocycles. The molecule has 0 aromatic heterocycles. The third-order valence-electron chi connectivity index (χ3n) is 3.81. The molecule has 0 aliphatic carbocycles. The van der Waals surface area contributed by atoms with Crippen molar-refractivity contribution in [2.45, 2.75) is 25.7 Å². The van der Waals surface area contributed by atoms with Crippen LogP contribution in [0.15, 0.2) is 24.3 Å². The van der Waals surface area contributed by atoms with Crippen LogP contribution in [0.4, 0.5) is 0 Å². The van der Waals surface area contributed by atoms with E-state index in [-0.39, 0.29) is 0 Å². The number of benzene rings is 1. The Hall–Kier alpha value is -0.860. The summed E-state index contributed by atoms with van der Waals surface area (Å²) in [7, 11) is 2.03. The van der Waals surface area contributed by atoms with Gasteiger partial charge in [0.05, 0.1) is 0 Å². The normalized spacial score (nSPS) is 18.5. The maximum absolute atomic E-state index is 3.22. The van der Waals surface area contributed by atoms with Crippen LogP contribution in [0.2, 0.25) is 0 Å². The van der Waals surface area contributed by atoms with E-state index in [4.69, 9.17) is 0 Å². The van der Waals surface area contributed by atoms with Crippen molar-refractivity contribution >= 4 is 0 Å². The molecule has 0 radical (unpaired) electrons. The van der Waals surface area contributed by atoms with Gasteiger partial charge in [0.1, 0.15) is 0 Å². The van der Waals surface area contributed by atoms with Crippen molar-refractivity contribution in [3.63, 3.8) is 0 Å². The Morgan fingerprint density at radius 1 is 1.18 bits per heavy atom. The number of aryl methyl sites for hydroxylation is 1. The molecule has 1 aromatic carbocycles. The maximum atomic E-state index is 3.22. The zero-order chi connectivity index (χ0) is 12.1. The van der Waals surface area contributed by atoms with E-state index in [1.54, 1.807) is 0 Å². The van der Waals surface area contributed by atoms with Gasteiger partial charge >= 0.3 is 0 Å². The molecule has 0 spiro atoms. The third kappa shape index (κ3) is 3.55. The molecule has 1 aromatic rings. The van der Waals surface area contributed by atoms with Gasteiger partial charge in [0.25, 0.3) is 0 Å². The van der Waals surface area contributed by atoms with E-state index in [1.807, 2.05) is 7.05 Å². The average Bonchev–Trinajstić information content (AvgIpc) is 2.38. The molecular weight excluding hydrogens is 208 g/mol. The SMILES string of the molecule is CNCCN1CCC(c2ccc(C)cc2)CC1. The zero-order valence-electron chi connectivity index (χ0n) is 11.1. The molecule has 1 fully saturated rings. The number of hydrogen-bond acceptors (Lipinski definition) is 2. The first-order valence-corrected chi connectivity index (χ1v) is 6.73. The van der Waals surface area contributed by atoms with Crippen LogP contribution in [0.25, 0.3) is 0 Å². The van der Waals surface area contributed by atoms with Crippen LogP contribution in [0.1, 0.15) is 29.9 Å². The number of likely N-dealkylation sites (N-methyl/N-ethyl adjacent to an activating group) is 1. The molecule has 1 aliphatic heterocycles. The van der Waals surface area contributed by atoms with E-state index in [1.165, 1.54) is 43.6 Å². The van der Waals surface area contributed by atoms with Crippen LogP contribution in [0, 0.1) is 6.92 Å². The summed E-state index contributed by atoms with van der Waals surface area (Å²) in [5.41, 5.74) is 2.89. The summed E-state index contributed by atoms with van der Waals surface area (Å²) in [6.45, 7) is 6.96. The van der Waals surface area contributed by atoms with Crippen LogP contribution in [0.5, 0.6) is 0 Å². The standard InChI is InChI=1S/C15H24N2/c1-13-3-5-14(6-4-13)15-7-10-17(11-8-15)12-9-16-2/h3-6,15-16H,7-12H2,1-2H3. The molecule has 0 saturated carbocycles. The summed E-state index contributed by atoms with van der Waals surface area (Å²) < 4.78 is 0. The second-order valence-electron chi connectivity index (χ2n) is 5.13. The fourth-order valence-electron chi connectivity index (χ4n) is 2.60. The molecular formula is C15H24N2. The largest absolute Gasteiger partial charge is 0.318 e. The average molecular weight is 232 g/mol. The molecule has 1 aliphatic rings. The number of nitrogens with one attached hydrogen (secondary N) is 1. The van der Waals surface area contributed by atoms with Crippen LogP contribution in [-0.4, -0.2) is 38.1 Å². The van der Waals surface area contributed by atoms with Gasteiger partial charge in [-0.15, -0.1) is 0 Å². The van der Waals surface area contributed by atoms with Gasteiger partial charge in [0.2, 0.25) is 0 Å². The Labute approximate surface area is 105 Å². The van der Waals surface area contributed by atoms with Gasteiger partial charge in [0.15, 0.2) is 0 Å². The fourth-order valence-corrected chi connectivity index (χ4v) is 2.60. The number of hydrogen-bond donors (Lipinski definition) is 1. The topological polar surface area (TPSA) is 15.3 Å². The third-order valence-corrected chi connectivity index (χ3v) is 3.81. The zero-order valence-corrected chi connectivity index (χ0v) is 11.1. The van der Waals surface area contributed by atoms with Crippen molar-refractivity contribution in [1.29, 1.82) is 0 Å². The highest BCUT2D eigenvalue weighted by Gasteiger charge is 2.19. The van der Waals surface area contributed by atoms with Crippen molar-refractivity contribution in [2.75, 3.05) is 33.2 Å². The first-order chi connectivity index (χ1) is 8.29. The Kier molecular flexibility index (Phi) is 4.57. The fraction of sp³-hybridized carbons (Fsp3) is 0.600. The number of piperidine rings is 1. The molecule has 0 bridgehead atoms. The lowest BCUT2D eigenvalue weighted by molar-refractivity contribution is 0.214. The van der Waals surface area contributed by atoms with E-state index in [0.717, 1.165) is 12.5 Å². The van der Waals surface area contributed by atoms with E-state index in [0.29, 0.717) is 0 Å². The van der Waals surface area contributed by atoms with Crippen molar-refractivity contribution in [1.82, 2.24) is 10.2 Å². The predicted molar refractivity (Wildman–Crippen MR) is 73.5 cm³/mol. The number of rotatable bonds is 4. The number of nitrogens with zero attached hydrogens (tertiary/aromatic N) is 1. The summed E-state index contributed by atoms with van der Waals surface area (Å²) in [5, 5.41) is 3.22. The highest BCUT2D eigenvalue weighted by atomic mass is 15.1. The first-order valence-electron chi connectivity index (χ1n) is 6.73. The quantitative estimate of drug-likeness (QED) is 0.857. The summed E-state index contributed by atoms with van der Waals surface area (Å²) in [4.78, 5) is 2.57. The molecule has 17 heavy (non-hydrogen) atoms. The van der Waals surface area contributed by atoms with E-state index in [9.17, 15) is 0 Å². The lowest BCUT2D eigenvalue weighted by Gasteiger charge is -2.32. The molecule has 0 unspecified atom stereocenters. The second-order valence-corrected chi connectivity index (χ2v) is 5.13. The Morgan fingerprint density at radius 3 is 2.41 bits per heavy atom. The summed E-state index contributed by atoms with van der Waals surface area (Å²) in [5.74, 6) is 0.779. The summed E-state index contributed by atoms with van der Waals surface area (Å²) >= 11 is 0. The molecule has 0 amide bonds. The minimum atomic E-state index is 0.779. The van der Waals surface area contributed by atoms with Gasteiger partial charge in [-0.1, -0.05) is 29.8 Å². The van der Waals surface area contributed by atoms with Gasteiger partial charge in [0, 0.05) is 13.1 Å². The van der Waals surface area contributed by atoms with E-state index in [2.05, 4.69) is 41.4 Å². The Morgan fingerprint density at radius 2 is 1.82 bits per heavy atom. The van der Waals surface area contributed by atoms with Crippen molar-refractivity contribution in [3.05, 3.63) is 35.4 Å². The lowest BCUT2D eigenvalue weighted by atomic mass is 9.89. The lowest BCUT2D eigenvalue weighted by Crippen LogP contribution is -2.37. The minimum absolute atomic E-state index is 0.779. The Balaban J connectivity index is 1.84. The molecule has 0 atom stereocenters. The molecule has 1 N–H and O–H groups in total. The summed E-state index contributed by atoms with van der Waals surface area (Å²) in [6.07, 6.45) is 2.62. The van der Waals surface area contributed by atoms with Crippen molar-refractivity contribution in [2.24, 2.45) is 0 Å². The second kappa shape index (κ2) is 6.18. The predicted octanol–water partition coefficient (Wildman–Crippen LogP) is 2.39. The van der Waals surface area contributed by atoms with E-state index >= 15 is 0 Å². The first kappa shape index (κ1) is 12.6. The monoisotopic (exact) mass is 232 g/mol. The van der Waals surface area contributed by atoms with Crippen molar-refractivity contribution < 1.29 is 0 Å². The van der Waals surface area contributed by atoms with Gasteiger partial charge in [-0.25, -0.2) is 0 Å². The highest BCUT2D eigenvalue weighted by Crippen LogP contribution is 2.27. The van der Waals surface area contributed by atoms with Gasteiger partial charge in [-0.2, -0.15) is 0 Å². The maximum Gasteiger partial charge on any atom is 0.0107 e. The summed E-state index contributed by atoms with van der Waals surface area (Å²) in [6, 6.07) is 9.10. The molecule has 2 rings (SSSR count). The van der Waals surface area contributed by atoms with Gasteiger partial charge < -0.3 is 10.2 Å². The Bertz CT molecular complexity index is 323. The minimum Gasteiger partial charge on any atom is -0.318 e. The van der Waals surface area contributed by atoms with Crippen LogP contribution in [-0.2, 0) is 0 Å². The van der Waals surface area contributed by atoms with E-state index < -0.39 is 0 Å². The van der Waals surface area contributed by atoms with Gasteiger partial charge in [-0.05, 0) is 51.4 Å². The van der Waals surface area contributed by atoms with Gasteiger partial charge in [-0.3, -0.25) is 0 Å². The van der Waals surface area contributed by atoms with Crippen LogP contribution in [0.3, 0.4) is 0 Å². The van der Waals surface area contributed by atoms with Crippen molar-refractivity contribution in [3.8, 4) is 0 Å². The molecule has 2 nitrogen and oxygen atoms in total. The molecule has 1 saturated heterocycles.